The summed E-state index contributed by atoms with van der Waals surface area (Å²) in [4.78, 5) is 23.1. The first-order valence-corrected chi connectivity index (χ1v) is 7.16. The fourth-order valence-corrected chi connectivity index (χ4v) is 2.54. The number of carboxylic acid groups (broad SMARTS) is 1. The van der Waals surface area contributed by atoms with Gasteiger partial charge in [0.2, 0.25) is 5.91 Å². The Morgan fingerprint density at radius 3 is 2.50 bits per heavy atom. The van der Waals surface area contributed by atoms with Gasteiger partial charge in [-0.1, -0.05) is 30.3 Å². The van der Waals surface area contributed by atoms with E-state index in [1.54, 1.807) is 0 Å². The van der Waals surface area contributed by atoms with E-state index in [1.165, 1.54) is 11.3 Å². The van der Waals surface area contributed by atoms with E-state index in [-0.39, 0.29) is 18.7 Å². The van der Waals surface area contributed by atoms with Crippen LogP contribution >= 0.6 is 11.3 Å². The number of hydrogen-bond acceptors (Lipinski definition) is 3. The molecule has 2 aromatic rings. The Morgan fingerprint density at radius 2 is 1.90 bits per heavy atom. The van der Waals surface area contributed by atoms with Gasteiger partial charge in [0.15, 0.2) is 0 Å². The lowest BCUT2D eigenvalue weighted by Gasteiger charge is -2.14. The van der Waals surface area contributed by atoms with Crippen molar-refractivity contribution >= 4 is 23.2 Å². The highest BCUT2D eigenvalue weighted by Crippen LogP contribution is 2.07. The van der Waals surface area contributed by atoms with Crippen LogP contribution in [-0.2, 0) is 22.4 Å². The average Bonchev–Trinajstić information content (AvgIpc) is 2.92. The number of rotatable bonds is 6. The molecule has 1 aromatic carbocycles. The highest BCUT2D eigenvalue weighted by atomic mass is 32.1. The van der Waals surface area contributed by atoms with E-state index in [0.717, 1.165) is 11.1 Å². The molecule has 1 aromatic heterocycles. The van der Waals surface area contributed by atoms with Crippen molar-refractivity contribution in [3.05, 3.63) is 58.3 Å². The van der Waals surface area contributed by atoms with Crippen LogP contribution in [0.3, 0.4) is 0 Å². The molecule has 20 heavy (non-hydrogen) atoms. The van der Waals surface area contributed by atoms with E-state index in [1.807, 2.05) is 47.2 Å². The molecule has 0 aliphatic heterocycles. The van der Waals surface area contributed by atoms with Gasteiger partial charge in [0.05, 0.1) is 6.42 Å². The molecule has 1 heterocycles. The van der Waals surface area contributed by atoms with Crippen molar-refractivity contribution in [1.82, 2.24) is 5.32 Å². The SMILES string of the molecule is O=C(Cc1ccsc1)NC(Cc1ccccc1)C(=O)O. The zero-order valence-corrected chi connectivity index (χ0v) is 11.6. The summed E-state index contributed by atoms with van der Waals surface area (Å²) in [6.45, 7) is 0. The zero-order chi connectivity index (χ0) is 14.4. The molecular weight excluding hydrogens is 274 g/mol. The molecule has 0 bridgehead atoms. The molecule has 0 aliphatic rings. The van der Waals surface area contributed by atoms with Crippen LogP contribution in [0, 0.1) is 0 Å². The van der Waals surface area contributed by atoms with Crippen molar-refractivity contribution in [3.8, 4) is 0 Å². The normalized spacial score (nSPS) is 11.8. The van der Waals surface area contributed by atoms with Crippen LogP contribution in [0.15, 0.2) is 47.2 Å². The van der Waals surface area contributed by atoms with Gasteiger partial charge in [0.25, 0.3) is 0 Å². The molecule has 1 amide bonds. The molecule has 0 saturated heterocycles. The largest absolute Gasteiger partial charge is 0.480 e. The van der Waals surface area contributed by atoms with Gasteiger partial charge in [0.1, 0.15) is 6.04 Å². The van der Waals surface area contributed by atoms with Crippen molar-refractivity contribution in [1.29, 1.82) is 0 Å². The number of amides is 1. The molecule has 104 valence electrons. The highest BCUT2D eigenvalue weighted by molar-refractivity contribution is 7.07. The minimum absolute atomic E-state index is 0.210. The summed E-state index contributed by atoms with van der Waals surface area (Å²) >= 11 is 1.51. The second-order valence-corrected chi connectivity index (χ2v) is 5.24. The van der Waals surface area contributed by atoms with Crippen LogP contribution in [0.4, 0.5) is 0 Å². The summed E-state index contributed by atoms with van der Waals surface area (Å²) in [6, 6.07) is 10.2. The zero-order valence-electron chi connectivity index (χ0n) is 10.8. The Balaban J connectivity index is 1.95. The maximum absolute atomic E-state index is 11.8. The highest BCUT2D eigenvalue weighted by Gasteiger charge is 2.20. The van der Waals surface area contributed by atoms with Crippen molar-refractivity contribution in [2.45, 2.75) is 18.9 Å². The number of hydrogen-bond donors (Lipinski definition) is 2. The van der Waals surface area contributed by atoms with E-state index in [0.29, 0.717) is 0 Å². The third-order valence-electron chi connectivity index (χ3n) is 2.86. The summed E-state index contributed by atoms with van der Waals surface area (Å²) in [5, 5.41) is 15.5. The van der Waals surface area contributed by atoms with Gasteiger partial charge in [-0.15, -0.1) is 0 Å². The predicted octanol–water partition coefficient (Wildman–Crippen LogP) is 2.10. The summed E-state index contributed by atoms with van der Waals surface area (Å²) in [5.41, 5.74) is 1.78. The third-order valence-corrected chi connectivity index (χ3v) is 3.59. The Morgan fingerprint density at radius 1 is 1.15 bits per heavy atom. The number of aliphatic carboxylic acids is 1. The topological polar surface area (TPSA) is 66.4 Å². The maximum atomic E-state index is 11.8. The van der Waals surface area contributed by atoms with Crippen molar-refractivity contribution in [2.24, 2.45) is 0 Å². The van der Waals surface area contributed by atoms with E-state index in [9.17, 15) is 14.7 Å². The minimum atomic E-state index is -1.02. The number of carboxylic acids is 1. The van der Waals surface area contributed by atoms with E-state index in [4.69, 9.17) is 0 Å². The quantitative estimate of drug-likeness (QED) is 0.856. The molecule has 0 radical (unpaired) electrons. The van der Waals surface area contributed by atoms with E-state index < -0.39 is 12.0 Å². The monoisotopic (exact) mass is 289 g/mol. The standard InChI is InChI=1S/C15H15NO3S/c17-14(9-12-6-7-20-10-12)16-13(15(18)19)8-11-4-2-1-3-5-11/h1-7,10,13H,8-9H2,(H,16,17)(H,18,19). The molecule has 2 N–H and O–H groups in total. The lowest BCUT2D eigenvalue weighted by molar-refractivity contribution is -0.141. The Bertz CT molecular complexity index is 566. The first-order chi connectivity index (χ1) is 9.65. The van der Waals surface area contributed by atoms with Gasteiger partial charge in [-0.2, -0.15) is 11.3 Å². The summed E-state index contributed by atoms with van der Waals surface area (Å²) in [5.74, 6) is -1.29. The second-order valence-electron chi connectivity index (χ2n) is 4.46. The first kappa shape index (κ1) is 14.3. The Labute approximate surface area is 121 Å². The number of thiophene rings is 1. The van der Waals surface area contributed by atoms with Crippen LogP contribution in [0.1, 0.15) is 11.1 Å². The molecule has 4 nitrogen and oxygen atoms in total. The Kier molecular flexibility index (Phi) is 4.90. The molecule has 0 spiro atoms. The smallest absolute Gasteiger partial charge is 0.326 e. The van der Waals surface area contributed by atoms with Crippen molar-refractivity contribution in [3.63, 3.8) is 0 Å². The van der Waals surface area contributed by atoms with Gasteiger partial charge >= 0.3 is 5.97 Å². The van der Waals surface area contributed by atoms with Gasteiger partial charge in [0, 0.05) is 6.42 Å². The minimum Gasteiger partial charge on any atom is -0.480 e. The Hall–Kier alpha value is -2.14. The molecule has 2 rings (SSSR count). The number of carbonyl (C=O) groups is 2. The van der Waals surface area contributed by atoms with Gasteiger partial charge < -0.3 is 10.4 Å². The lowest BCUT2D eigenvalue weighted by Crippen LogP contribution is -2.42. The third kappa shape index (κ3) is 4.20. The van der Waals surface area contributed by atoms with Gasteiger partial charge in [-0.05, 0) is 28.0 Å². The molecule has 5 heteroatoms. The molecular formula is C15H15NO3S. The van der Waals surface area contributed by atoms with E-state index >= 15 is 0 Å². The van der Waals surface area contributed by atoms with Crippen LogP contribution in [0.2, 0.25) is 0 Å². The number of nitrogens with one attached hydrogen (secondary N) is 1. The van der Waals surface area contributed by atoms with Crippen molar-refractivity contribution in [2.75, 3.05) is 0 Å². The summed E-state index contributed by atoms with van der Waals surface area (Å²) in [6.07, 6.45) is 0.494. The van der Waals surface area contributed by atoms with Crippen molar-refractivity contribution < 1.29 is 14.7 Å². The van der Waals surface area contributed by atoms with Crippen LogP contribution < -0.4 is 5.32 Å². The summed E-state index contributed by atoms with van der Waals surface area (Å²) < 4.78 is 0. The molecule has 1 unspecified atom stereocenters. The average molecular weight is 289 g/mol. The second kappa shape index (κ2) is 6.86. The molecule has 0 aliphatic carbocycles. The molecule has 0 fully saturated rings. The lowest BCUT2D eigenvalue weighted by atomic mass is 10.1. The van der Waals surface area contributed by atoms with Gasteiger partial charge in [-0.25, -0.2) is 4.79 Å². The fourth-order valence-electron chi connectivity index (χ4n) is 1.87. The fraction of sp³-hybridized carbons (Fsp3) is 0.200. The number of benzene rings is 1. The van der Waals surface area contributed by atoms with E-state index in [2.05, 4.69) is 5.32 Å². The van der Waals surface area contributed by atoms with Crippen LogP contribution in [0.5, 0.6) is 0 Å². The summed E-state index contributed by atoms with van der Waals surface area (Å²) in [7, 11) is 0. The maximum Gasteiger partial charge on any atom is 0.326 e. The van der Waals surface area contributed by atoms with Crippen LogP contribution in [0.25, 0.3) is 0 Å². The molecule has 0 saturated carbocycles. The van der Waals surface area contributed by atoms with Crippen LogP contribution in [-0.4, -0.2) is 23.0 Å². The van der Waals surface area contributed by atoms with Gasteiger partial charge in [-0.3, -0.25) is 4.79 Å². The first-order valence-electron chi connectivity index (χ1n) is 6.22. The molecule has 1 atom stereocenters. The number of carbonyl (C=O) groups excluding carboxylic acids is 1. The predicted molar refractivity (Wildman–Crippen MR) is 77.7 cm³/mol.